The minimum Gasteiger partial charge on any atom is -0.493 e. The molecule has 0 aromatic heterocycles. The van der Waals surface area contributed by atoms with Gasteiger partial charge in [0.05, 0.1) is 20.3 Å². The third-order valence-corrected chi connectivity index (χ3v) is 6.37. The van der Waals surface area contributed by atoms with Gasteiger partial charge in [0, 0.05) is 30.9 Å². The number of nitrogens with one attached hydrogen (secondary N) is 1. The second-order valence-electron chi connectivity index (χ2n) is 8.69. The molecule has 1 saturated heterocycles. The normalized spacial score (nSPS) is 15.5. The number of rotatable bonds is 5. The number of carbonyl (C=O) groups is 2. The summed E-state index contributed by atoms with van der Waals surface area (Å²) in [6.45, 7) is 5.23. The van der Waals surface area contributed by atoms with E-state index < -0.39 is 0 Å². The zero-order chi connectivity index (χ0) is 24.9. The van der Waals surface area contributed by atoms with Crippen LogP contribution in [0, 0.1) is 13.8 Å². The molecular formula is C28H31N3O4. The molecule has 182 valence electrons. The van der Waals surface area contributed by atoms with Gasteiger partial charge in [0.1, 0.15) is 0 Å². The molecule has 1 atom stereocenters. The van der Waals surface area contributed by atoms with Crippen molar-refractivity contribution in [2.75, 3.05) is 39.2 Å². The van der Waals surface area contributed by atoms with Crippen LogP contribution in [-0.4, -0.2) is 55.6 Å². The van der Waals surface area contributed by atoms with E-state index in [4.69, 9.17) is 9.47 Å². The molecule has 3 aromatic carbocycles. The lowest BCUT2D eigenvalue weighted by molar-refractivity contribution is 0.0516. The Bertz CT molecular complexity index is 1210. The molecule has 7 heteroatoms. The summed E-state index contributed by atoms with van der Waals surface area (Å²) in [5, 5.41) is 3.04. The number of anilines is 1. The molecule has 1 aliphatic rings. The van der Waals surface area contributed by atoms with Crippen molar-refractivity contribution in [2.45, 2.75) is 19.9 Å². The molecule has 1 fully saturated rings. The monoisotopic (exact) mass is 473 g/mol. The van der Waals surface area contributed by atoms with E-state index in [1.165, 1.54) is 0 Å². The van der Waals surface area contributed by atoms with Gasteiger partial charge >= 0.3 is 6.03 Å². The van der Waals surface area contributed by atoms with Crippen LogP contribution in [0.5, 0.6) is 11.5 Å². The molecule has 1 unspecified atom stereocenters. The highest BCUT2D eigenvalue weighted by Gasteiger charge is 2.34. The number of benzene rings is 3. The first-order valence-electron chi connectivity index (χ1n) is 11.6. The lowest BCUT2D eigenvalue weighted by atomic mass is 10.0. The summed E-state index contributed by atoms with van der Waals surface area (Å²) in [4.78, 5) is 30.4. The van der Waals surface area contributed by atoms with Gasteiger partial charge in [-0.1, -0.05) is 48.0 Å². The SMILES string of the molecule is COc1ccc(C(=O)N2CCN(C(=O)Nc3ccc(C)cc3C)CC2c2ccccc2)cc1OC. The van der Waals surface area contributed by atoms with Crippen LogP contribution in [0.2, 0.25) is 0 Å². The van der Waals surface area contributed by atoms with E-state index in [0.29, 0.717) is 36.7 Å². The van der Waals surface area contributed by atoms with E-state index in [1.54, 1.807) is 37.3 Å². The van der Waals surface area contributed by atoms with Crippen molar-refractivity contribution in [3.8, 4) is 11.5 Å². The van der Waals surface area contributed by atoms with E-state index in [2.05, 4.69) is 5.32 Å². The van der Waals surface area contributed by atoms with Gasteiger partial charge in [-0.25, -0.2) is 4.79 Å². The first-order valence-corrected chi connectivity index (χ1v) is 11.6. The maximum absolute atomic E-state index is 13.6. The number of carbonyl (C=O) groups excluding carboxylic acids is 2. The minimum atomic E-state index is -0.282. The number of piperazine rings is 1. The molecule has 7 nitrogen and oxygen atoms in total. The molecule has 3 amide bonds. The molecule has 0 bridgehead atoms. The van der Waals surface area contributed by atoms with Crippen LogP contribution in [0.1, 0.15) is 33.1 Å². The Morgan fingerprint density at radius 1 is 0.886 bits per heavy atom. The second kappa shape index (κ2) is 10.5. The van der Waals surface area contributed by atoms with Gasteiger partial charge in [-0.05, 0) is 49.2 Å². The summed E-state index contributed by atoms with van der Waals surface area (Å²) < 4.78 is 10.7. The summed E-state index contributed by atoms with van der Waals surface area (Å²) >= 11 is 0. The molecule has 0 saturated carbocycles. The Hall–Kier alpha value is -4.00. The average molecular weight is 474 g/mol. The zero-order valence-corrected chi connectivity index (χ0v) is 20.6. The lowest BCUT2D eigenvalue weighted by Gasteiger charge is -2.41. The summed E-state index contributed by atoms with van der Waals surface area (Å²) in [6, 6.07) is 20.5. The Balaban J connectivity index is 1.58. The van der Waals surface area contributed by atoms with Gasteiger partial charge < -0.3 is 24.6 Å². The number of aryl methyl sites for hydroxylation is 2. The third-order valence-electron chi connectivity index (χ3n) is 6.37. The molecule has 35 heavy (non-hydrogen) atoms. The Labute approximate surface area is 206 Å². The molecule has 1 aliphatic heterocycles. The van der Waals surface area contributed by atoms with E-state index in [-0.39, 0.29) is 18.0 Å². The summed E-state index contributed by atoms with van der Waals surface area (Å²) in [7, 11) is 3.11. The van der Waals surface area contributed by atoms with Crippen molar-refractivity contribution in [1.82, 2.24) is 9.80 Å². The molecule has 0 radical (unpaired) electrons. The lowest BCUT2D eigenvalue weighted by Crippen LogP contribution is -2.53. The highest BCUT2D eigenvalue weighted by Crippen LogP contribution is 2.31. The highest BCUT2D eigenvalue weighted by molar-refractivity contribution is 5.96. The fourth-order valence-electron chi connectivity index (χ4n) is 4.45. The number of nitrogens with zero attached hydrogens (tertiary/aromatic N) is 2. The van der Waals surface area contributed by atoms with Crippen LogP contribution >= 0.6 is 0 Å². The van der Waals surface area contributed by atoms with E-state index in [1.807, 2.05) is 67.3 Å². The van der Waals surface area contributed by atoms with Crippen molar-refractivity contribution in [3.05, 3.63) is 89.0 Å². The van der Waals surface area contributed by atoms with Crippen molar-refractivity contribution < 1.29 is 19.1 Å². The highest BCUT2D eigenvalue weighted by atomic mass is 16.5. The maximum Gasteiger partial charge on any atom is 0.321 e. The summed E-state index contributed by atoms with van der Waals surface area (Å²) in [6.07, 6.45) is 0. The fourth-order valence-corrected chi connectivity index (χ4v) is 4.45. The Morgan fingerprint density at radius 3 is 2.31 bits per heavy atom. The minimum absolute atomic E-state index is 0.116. The number of hydrogen-bond donors (Lipinski definition) is 1. The van der Waals surface area contributed by atoms with Crippen LogP contribution in [0.4, 0.5) is 10.5 Å². The maximum atomic E-state index is 13.6. The van der Waals surface area contributed by atoms with Crippen LogP contribution in [0.3, 0.4) is 0 Å². The predicted octanol–water partition coefficient (Wildman–Crippen LogP) is 5.05. The van der Waals surface area contributed by atoms with E-state index in [9.17, 15) is 9.59 Å². The van der Waals surface area contributed by atoms with Crippen LogP contribution in [0.25, 0.3) is 0 Å². The average Bonchev–Trinajstić information content (AvgIpc) is 2.89. The molecule has 1 N–H and O–H groups in total. The van der Waals surface area contributed by atoms with Gasteiger partial charge in [-0.2, -0.15) is 0 Å². The van der Waals surface area contributed by atoms with Gasteiger partial charge in [0.25, 0.3) is 5.91 Å². The van der Waals surface area contributed by atoms with Crippen LogP contribution in [-0.2, 0) is 0 Å². The molecular weight excluding hydrogens is 442 g/mol. The number of ether oxygens (including phenoxy) is 2. The fraction of sp³-hybridized carbons (Fsp3) is 0.286. The first kappa shape index (κ1) is 24.1. The largest absolute Gasteiger partial charge is 0.493 e. The summed E-state index contributed by atoms with van der Waals surface area (Å²) in [5.41, 5.74) is 4.44. The van der Waals surface area contributed by atoms with Crippen molar-refractivity contribution in [1.29, 1.82) is 0 Å². The molecule has 3 aromatic rings. The molecule has 0 aliphatic carbocycles. The topological polar surface area (TPSA) is 71.1 Å². The second-order valence-corrected chi connectivity index (χ2v) is 8.69. The van der Waals surface area contributed by atoms with Crippen molar-refractivity contribution in [2.24, 2.45) is 0 Å². The van der Waals surface area contributed by atoms with Crippen LogP contribution in [0.15, 0.2) is 66.7 Å². The van der Waals surface area contributed by atoms with Gasteiger partial charge in [-0.15, -0.1) is 0 Å². The molecule has 1 heterocycles. The summed E-state index contributed by atoms with van der Waals surface area (Å²) in [5.74, 6) is 0.951. The zero-order valence-electron chi connectivity index (χ0n) is 20.6. The number of urea groups is 1. The van der Waals surface area contributed by atoms with Crippen molar-refractivity contribution in [3.63, 3.8) is 0 Å². The third kappa shape index (κ3) is 5.24. The Kier molecular flexibility index (Phi) is 7.25. The standard InChI is InChI=1S/C28H31N3O4/c1-19-10-12-23(20(2)16-19)29-28(33)30-14-15-31(24(18-30)21-8-6-5-7-9-21)27(32)22-11-13-25(34-3)26(17-22)35-4/h5-13,16-17,24H,14-15,18H2,1-4H3,(H,29,33). The number of methoxy groups -OCH3 is 2. The van der Waals surface area contributed by atoms with Gasteiger partial charge in [0.2, 0.25) is 0 Å². The number of amides is 3. The quantitative estimate of drug-likeness (QED) is 0.563. The first-order chi connectivity index (χ1) is 16.9. The Morgan fingerprint density at radius 2 is 1.63 bits per heavy atom. The van der Waals surface area contributed by atoms with Gasteiger partial charge in [0.15, 0.2) is 11.5 Å². The van der Waals surface area contributed by atoms with Crippen molar-refractivity contribution >= 4 is 17.6 Å². The van der Waals surface area contributed by atoms with Crippen LogP contribution < -0.4 is 14.8 Å². The van der Waals surface area contributed by atoms with Gasteiger partial charge in [-0.3, -0.25) is 4.79 Å². The predicted molar refractivity (Wildman–Crippen MR) is 136 cm³/mol. The van der Waals surface area contributed by atoms with E-state index in [0.717, 1.165) is 22.4 Å². The molecule has 4 rings (SSSR count). The molecule has 0 spiro atoms. The smallest absolute Gasteiger partial charge is 0.321 e. The van der Waals surface area contributed by atoms with E-state index >= 15 is 0 Å². The number of hydrogen-bond acceptors (Lipinski definition) is 4.